The Morgan fingerprint density at radius 3 is 2.11 bits per heavy atom. The summed E-state index contributed by atoms with van der Waals surface area (Å²) in [6.45, 7) is 15.9. The molecule has 0 saturated carbocycles. The van der Waals surface area contributed by atoms with Crippen LogP contribution in [0.3, 0.4) is 0 Å². The van der Waals surface area contributed by atoms with Gasteiger partial charge in [-0.3, -0.25) is 0 Å². The summed E-state index contributed by atoms with van der Waals surface area (Å²) >= 11 is 1.84. The Morgan fingerprint density at radius 1 is 0.681 bits per heavy atom. The van der Waals surface area contributed by atoms with Crippen molar-refractivity contribution in [1.82, 2.24) is 9.97 Å². The van der Waals surface area contributed by atoms with Crippen LogP contribution >= 0.6 is 11.3 Å². The second-order valence-corrected chi connectivity index (χ2v) is 19.4. The van der Waals surface area contributed by atoms with Crippen LogP contribution in [0.4, 0.5) is 0 Å². The molecule has 4 aromatic carbocycles. The number of pyridine rings is 2. The van der Waals surface area contributed by atoms with Gasteiger partial charge >= 0.3 is 0 Å². The van der Waals surface area contributed by atoms with E-state index in [0.29, 0.717) is 5.92 Å². The molecule has 0 aliphatic heterocycles. The Labute approximate surface area is 298 Å². The van der Waals surface area contributed by atoms with E-state index in [2.05, 4.69) is 143 Å². The third-order valence-corrected chi connectivity index (χ3v) is 11.8. The minimum Gasteiger partial charge on any atom is -0.305 e. The molecule has 0 aliphatic rings. The van der Waals surface area contributed by atoms with E-state index in [4.69, 9.17) is 4.98 Å². The van der Waals surface area contributed by atoms with Crippen molar-refractivity contribution in [3.05, 3.63) is 138 Å². The standard InChI is InChI=1S/C27H22NS.C15H18NSi.Ir/c1-17(2)24-15-25(28-16-18(24)3)23-11-7-10-22-21-13-12-20(14-26(21)29-27(22)23)19-8-5-4-6-9-19;1-12-10-14(13-8-6-5-7-9-13)16-11-15(12)17(2,3)4;/h4-10,12-17H,1-3H3;5-8,10-11H,1-4H3;/q2*-1;. The number of benzene rings is 4. The van der Waals surface area contributed by atoms with Crippen molar-refractivity contribution in [3.8, 4) is 33.6 Å². The molecular formula is C42H40IrN2SSi-2. The molecule has 0 amide bonds. The maximum absolute atomic E-state index is 4.75. The molecule has 7 aromatic rings. The van der Waals surface area contributed by atoms with Crippen molar-refractivity contribution in [1.29, 1.82) is 0 Å². The molecule has 1 radical (unpaired) electrons. The molecule has 0 atom stereocenters. The SMILES string of the molecule is Cc1cc(-c2[c-]cccc2)ncc1[Si](C)(C)C.Cc1cnc(-c2[c-]ccc3c2sc2cc(-c4ccccc4)ccc23)cc1C(C)C.[Ir]. The third kappa shape index (κ3) is 7.55. The first-order chi connectivity index (χ1) is 22.1. The van der Waals surface area contributed by atoms with Crippen molar-refractivity contribution >= 4 is 44.8 Å². The van der Waals surface area contributed by atoms with E-state index in [-0.39, 0.29) is 20.1 Å². The maximum atomic E-state index is 4.75. The third-order valence-electron chi connectivity index (χ3n) is 8.47. The fourth-order valence-electron chi connectivity index (χ4n) is 6.08. The summed E-state index contributed by atoms with van der Waals surface area (Å²) in [5.74, 6) is 0.479. The molecule has 47 heavy (non-hydrogen) atoms. The number of nitrogens with zero attached hydrogens (tertiary/aromatic N) is 2. The number of rotatable bonds is 5. The first-order valence-corrected chi connectivity index (χ1v) is 20.3. The minimum atomic E-state index is -1.27. The fourth-order valence-corrected chi connectivity index (χ4v) is 9.04. The second kappa shape index (κ2) is 14.6. The zero-order chi connectivity index (χ0) is 32.4. The molecule has 239 valence electrons. The van der Waals surface area contributed by atoms with Gasteiger partial charge in [-0.15, -0.1) is 59.7 Å². The Kier molecular flexibility index (Phi) is 10.7. The van der Waals surface area contributed by atoms with E-state index >= 15 is 0 Å². The molecule has 3 aromatic heterocycles. The Bertz CT molecular complexity index is 2130. The number of aromatic nitrogens is 2. The van der Waals surface area contributed by atoms with E-state index in [1.165, 1.54) is 53.2 Å². The molecule has 7 rings (SSSR count). The van der Waals surface area contributed by atoms with E-state index < -0.39 is 8.07 Å². The molecule has 3 heterocycles. The van der Waals surface area contributed by atoms with E-state index in [1.807, 2.05) is 41.8 Å². The van der Waals surface area contributed by atoms with Gasteiger partial charge in [0.1, 0.15) is 0 Å². The Morgan fingerprint density at radius 2 is 1.43 bits per heavy atom. The predicted molar refractivity (Wildman–Crippen MR) is 202 cm³/mol. The minimum absolute atomic E-state index is 0. The van der Waals surface area contributed by atoms with Crippen molar-refractivity contribution in [2.75, 3.05) is 0 Å². The van der Waals surface area contributed by atoms with Crippen LogP contribution in [-0.4, -0.2) is 18.0 Å². The van der Waals surface area contributed by atoms with Crippen LogP contribution in [0.1, 0.15) is 36.5 Å². The monoisotopic (exact) mass is 825 g/mol. The smallest absolute Gasteiger partial charge is 0.0798 e. The number of aryl methyl sites for hydroxylation is 2. The molecular weight excluding hydrogens is 785 g/mol. The van der Waals surface area contributed by atoms with Crippen LogP contribution in [0.2, 0.25) is 19.6 Å². The quantitative estimate of drug-likeness (QED) is 0.128. The number of hydrogen-bond donors (Lipinski definition) is 0. The van der Waals surface area contributed by atoms with Gasteiger partial charge in [-0.2, -0.15) is 11.3 Å². The van der Waals surface area contributed by atoms with Gasteiger partial charge in [0.25, 0.3) is 0 Å². The summed E-state index contributed by atoms with van der Waals surface area (Å²) in [6, 6.07) is 40.7. The summed E-state index contributed by atoms with van der Waals surface area (Å²) in [7, 11) is -1.27. The molecule has 0 spiro atoms. The van der Waals surface area contributed by atoms with E-state index in [9.17, 15) is 0 Å². The normalized spacial score (nSPS) is 11.3. The molecule has 0 bridgehead atoms. The van der Waals surface area contributed by atoms with Gasteiger partial charge < -0.3 is 9.97 Å². The van der Waals surface area contributed by atoms with Crippen LogP contribution in [0, 0.1) is 26.0 Å². The van der Waals surface area contributed by atoms with Crippen molar-refractivity contribution in [3.63, 3.8) is 0 Å². The van der Waals surface area contributed by atoms with Crippen molar-refractivity contribution in [2.24, 2.45) is 0 Å². The zero-order valence-electron chi connectivity index (χ0n) is 28.1. The second-order valence-electron chi connectivity index (χ2n) is 13.3. The Hall–Kier alpha value is -3.73. The van der Waals surface area contributed by atoms with Crippen LogP contribution < -0.4 is 5.19 Å². The topological polar surface area (TPSA) is 25.8 Å². The van der Waals surface area contributed by atoms with Gasteiger partial charge in [0.15, 0.2) is 0 Å². The van der Waals surface area contributed by atoms with Crippen LogP contribution in [0.25, 0.3) is 53.8 Å². The van der Waals surface area contributed by atoms with Gasteiger partial charge in [0, 0.05) is 37.2 Å². The van der Waals surface area contributed by atoms with Crippen molar-refractivity contribution < 1.29 is 20.1 Å². The maximum Gasteiger partial charge on any atom is 0.0798 e. The molecule has 0 N–H and O–H groups in total. The average Bonchev–Trinajstić information content (AvgIpc) is 3.44. The summed E-state index contributed by atoms with van der Waals surface area (Å²) in [5, 5.41) is 4.03. The molecule has 5 heteroatoms. The summed E-state index contributed by atoms with van der Waals surface area (Å²) < 4.78 is 2.57. The number of thiophene rings is 1. The Balaban J connectivity index is 0.000000207. The van der Waals surface area contributed by atoms with Crippen LogP contribution in [0.5, 0.6) is 0 Å². The summed E-state index contributed by atoms with van der Waals surface area (Å²) in [4.78, 5) is 9.33. The van der Waals surface area contributed by atoms with Gasteiger partial charge in [-0.25, -0.2) is 0 Å². The zero-order valence-corrected chi connectivity index (χ0v) is 32.3. The van der Waals surface area contributed by atoms with E-state index in [0.717, 1.165) is 22.5 Å². The molecule has 0 fully saturated rings. The van der Waals surface area contributed by atoms with Crippen LogP contribution in [0.15, 0.2) is 109 Å². The average molecular weight is 825 g/mol. The van der Waals surface area contributed by atoms with Gasteiger partial charge in [0.05, 0.1) is 8.07 Å². The molecule has 0 unspecified atom stereocenters. The molecule has 2 nitrogen and oxygen atoms in total. The molecule has 0 aliphatic carbocycles. The number of fused-ring (bicyclic) bond motifs is 3. The predicted octanol–water partition coefficient (Wildman–Crippen LogP) is 11.4. The first kappa shape index (κ1) is 34.6. The van der Waals surface area contributed by atoms with Gasteiger partial charge in [0.2, 0.25) is 0 Å². The first-order valence-electron chi connectivity index (χ1n) is 15.9. The van der Waals surface area contributed by atoms with E-state index in [1.54, 1.807) is 0 Å². The van der Waals surface area contributed by atoms with Crippen LogP contribution in [-0.2, 0) is 20.1 Å². The van der Waals surface area contributed by atoms with Crippen molar-refractivity contribution in [2.45, 2.75) is 53.3 Å². The number of hydrogen-bond acceptors (Lipinski definition) is 3. The molecule has 0 saturated heterocycles. The van der Waals surface area contributed by atoms with Gasteiger partial charge in [-0.05, 0) is 74.7 Å². The summed E-state index contributed by atoms with van der Waals surface area (Å²) in [6.07, 6.45) is 4.05. The summed E-state index contributed by atoms with van der Waals surface area (Å²) in [5.41, 5.74) is 10.7. The van der Waals surface area contributed by atoms with Gasteiger partial charge in [-0.1, -0.05) is 99.0 Å². The largest absolute Gasteiger partial charge is 0.305 e. The fraction of sp³-hybridized carbons (Fsp3) is 0.190.